The van der Waals surface area contributed by atoms with Crippen LogP contribution < -0.4 is 0 Å². The second-order valence-corrected chi connectivity index (χ2v) is 6.36. The molecule has 112 valence electrons. The van der Waals surface area contributed by atoms with Crippen LogP contribution in [0.3, 0.4) is 0 Å². The number of hydrogen-bond donors (Lipinski definition) is 2. The fourth-order valence-corrected chi connectivity index (χ4v) is 2.91. The maximum absolute atomic E-state index is 13.2. The summed E-state index contributed by atoms with van der Waals surface area (Å²) in [5.74, 6) is -0.485. The Morgan fingerprint density at radius 3 is 2.38 bits per heavy atom. The molecular formula is C16H15BrClFO2. The number of benzene rings is 2. The molecule has 2 aromatic rings. The molecule has 0 atom stereocenters. The van der Waals surface area contributed by atoms with Gasteiger partial charge in [-0.1, -0.05) is 45.7 Å². The lowest BCUT2D eigenvalue weighted by Gasteiger charge is -2.31. The third-order valence-electron chi connectivity index (χ3n) is 3.57. The second kappa shape index (κ2) is 6.88. The molecule has 0 spiro atoms. The van der Waals surface area contributed by atoms with Crippen LogP contribution in [-0.4, -0.2) is 23.4 Å². The molecule has 0 aromatic heterocycles. The summed E-state index contributed by atoms with van der Waals surface area (Å²) in [6.45, 7) is -0.454. The first-order chi connectivity index (χ1) is 10.0. The van der Waals surface area contributed by atoms with Crippen molar-refractivity contribution in [3.63, 3.8) is 0 Å². The Bertz CT molecular complexity index is 629. The van der Waals surface area contributed by atoms with E-state index < -0.39 is 11.2 Å². The molecule has 2 N–H and O–H groups in total. The summed E-state index contributed by atoms with van der Waals surface area (Å²) in [5, 5.41) is 19.7. The molecule has 0 unspecified atom stereocenters. The Kier molecular flexibility index (Phi) is 5.38. The monoisotopic (exact) mass is 372 g/mol. The van der Waals surface area contributed by atoms with Crippen molar-refractivity contribution in [2.24, 2.45) is 0 Å². The molecule has 0 amide bonds. The fourth-order valence-electron chi connectivity index (χ4n) is 2.31. The summed E-state index contributed by atoms with van der Waals surface area (Å²) in [4.78, 5) is 0. The minimum Gasteiger partial charge on any atom is -0.395 e. The van der Waals surface area contributed by atoms with Gasteiger partial charge in [0, 0.05) is 9.89 Å². The summed E-state index contributed by atoms with van der Waals surface area (Å²) in [5.41, 5.74) is 0.720. The lowest BCUT2D eigenvalue weighted by molar-refractivity contribution is 0.116. The summed E-state index contributed by atoms with van der Waals surface area (Å²) < 4.78 is 14.1. The van der Waals surface area contributed by atoms with Gasteiger partial charge >= 0.3 is 0 Å². The van der Waals surface area contributed by atoms with E-state index in [1.165, 1.54) is 12.1 Å². The van der Waals surface area contributed by atoms with E-state index in [2.05, 4.69) is 15.9 Å². The molecule has 21 heavy (non-hydrogen) atoms. The van der Waals surface area contributed by atoms with Crippen molar-refractivity contribution in [3.05, 3.63) is 68.9 Å². The van der Waals surface area contributed by atoms with Gasteiger partial charge in [0.25, 0.3) is 0 Å². The quantitative estimate of drug-likeness (QED) is 0.839. The van der Waals surface area contributed by atoms with E-state index in [1.54, 1.807) is 6.07 Å². The summed E-state index contributed by atoms with van der Waals surface area (Å²) in [6, 6.07) is 11.8. The third kappa shape index (κ3) is 3.64. The Labute approximate surface area is 136 Å². The molecular weight excluding hydrogens is 359 g/mol. The van der Waals surface area contributed by atoms with Crippen LogP contribution in [0.5, 0.6) is 0 Å². The molecule has 0 radical (unpaired) electrons. The van der Waals surface area contributed by atoms with Crippen molar-refractivity contribution in [2.75, 3.05) is 13.2 Å². The van der Waals surface area contributed by atoms with Crippen molar-refractivity contribution in [2.45, 2.75) is 11.8 Å². The van der Waals surface area contributed by atoms with Crippen molar-refractivity contribution in [1.29, 1.82) is 0 Å². The van der Waals surface area contributed by atoms with E-state index in [0.717, 1.165) is 15.6 Å². The lowest BCUT2D eigenvalue weighted by Crippen LogP contribution is -2.37. The number of hydrogen-bond acceptors (Lipinski definition) is 2. The summed E-state index contributed by atoms with van der Waals surface area (Å²) in [6.07, 6.45) is 0.358. The predicted octanol–water partition coefficient (Wildman–Crippen LogP) is 3.71. The van der Waals surface area contributed by atoms with Crippen molar-refractivity contribution >= 4 is 27.5 Å². The predicted molar refractivity (Wildman–Crippen MR) is 85.1 cm³/mol. The smallest absolute Gasteiger partial charge is 0.141 e. The Hall–Kier alpha value is -0.940. The van der Waals surface area contributed by atoms with Gasteiger partial charge in [0.2, 0.25) is 0 Å². The van der Waals surface area contributed by atoms with E-state index in [9.17, 15) is 14.6 Å². The molecule has 0 aliphatic heterocycles. The average Bonchev–Trinajstić information content (AvgIpc) is 2.48. The molecule has 0 aliphatic carbocycles. The first-order valence-corrected chi connectivity index (χ1v) is 7.59. The molecule has 0 aliphatic rings. The highest BCUT2D eigenvalue weighted by Gasteiger charge is 2.31. The summed E-state index contributed by atoms with van der Waals surface area (Å²) in [7, 11) is 0. The zero-order chi connectivity index (χ0) is 15.5. The molecule has 2 nitrogen and oxygen atoms in total. The van der Waals surface area contributed by atoms with Gasteiger partial charge in [-0.25, -0.2) is 4.39 Å². The fraction of sp³-hybridized carbons (Fsp3) is 0.250. The summed E-state index contributed by atoms with van der Waals surface area (Å²) >= 11 is 9.18. The lowest BCUT2D eigenvalue weighted by atomic mass is 9.77. The number of aliphatic hydroxyl groups excluding tert-OH is 2. The van der Waals surface area contributed by atoms with Crippen LogP contribution in [0, 0.1) is 5.82 Å². The van der Waals surface area contributed by atoms with Gasteiger partial charge in [0.1, 0.15) is 5.82 Å². The molecule has 0 saturated heterocycles. The number of halogens is 3. The van der Waals surface area contributed by atoms with Gasteiger partial charge in [-0.05, 0) is 41.8 Å². The SMILES string of the molecule is OCC(CO)(Cc1ccc(F)c(Cl)c1)c1cccc(Br)c1. The molecule has 0 heterocycles. The largest absolute Gasteiger partial charge is 0.395 e. The van der Waals surface area contributed by atoms with Crippen LogP contribution in [0.4, 0.5) is 4.39 Å². The first-order valence-electron chi connectivity index (χ1n) is 6.42. The molecule has 2 aromatic carbocycles. The maximum Gasteiger partial charge on any atom is 0.141 e. The topological polar surface area (TPSA) is 40.5 Å². The van der Waals surface area contributed by atoms with Crippen LogP contribution in [0.2, 0.25) is 5.02 Å². The van der Waals surface area contributed by atoms with E-state index in [4.69, 9.17) is 11.6 Å². The molecule has 5 heteroatoms. The van der Waals surface area contributed by atoms with Crippen molar-refractivity contribution in [1.82, 2.24) is 0 Å². The van der Waals surface area contributed by atoms with Crippen LogP contribution in [0.15, 0.2) is 46.9 Å². The van der Waals surface area contributed by atoms with Gasteiger partial charge in [0.15, 0.2) is 0 Å². The van der Waals surface area contributed by atoms with Gasteiger partial charge in [-0.15, -0.1) is 0 Å². The normalized spacial score (nSPS) is 11.7. The van der Waals surface area contributed by atoms with Crippen LogP contribution >= 0.6 is 27.5 Å². The van der Waals surface area contributed by atoms with Crippen molar-refractivity contribution < 1.29 is 14.6 Å². The van der Waals surface area contributed by atoms with E-state index in [-0.39, 0.29) is 18.2 Å². The van der Waals surface area contributed by atoms with Crippen molar-refractivity contribution in [3.8, 4) is 0 Å². The van der Waals surface area contributed by atoms with Gasteiger partial charge in [-0.3, -0.25) is 0 Å². The molecule has 2 rings (SSSR count). The minimum absolute atomic E-state index is 0.0338. The Balaban J connectivity index is 2.40. The van der Waals surface area contributed by atoms with E-state index in [0.29, 0.717) is 6.42 Å². The highest BCUT2D eigenvalue weighted by Crippen LogP contribution is 2.31. The highest BCUT2D eigenvalue weighted by molar-refractivity contribution is 9.10. The minimum atomic E-state index is -0.842. The van der Waals surface area contributed by atoms with Gasteiger partial charge < -0.3 is 10.2 Å². The van der Waals surface area contributed by atoms with Gasteiger partial charge in [0.05, 0.1) is 18.2 Å². The maximum atomic E-state index is 13.2. The highest BCUT2D eigenvalue weighted by atomic mass is 79.9. The number of aliphatic hydroxyl groups is 2. The number of rotatable bonds is 5. The van der Waals surface area contributed by atoms with E-state index in [1.807, 2.05) is 24.3 Å². The zero-order valence-electron chi connectivity index (χ0n) is 11.2. The second-order valence-electron chi connectivity index (χ2n) is 5.03. The van der Waals surface area contributed by atoms with Gasteiger partial charge in [-0.2, -0.15) is 0 Å². The molecule has 0 bridgehead atoms. The Morgan fingerprint density at radius 1 is 1.10 bits per heavy atom. The van der Waals surface area contributed by atoms with E-state index >= 15 is 0 Å². The van der Waals surface area contributed by atoms with Crippen LogP contribution in [0.1, 0.15) is 11.1 Å². The van der Waals surface area contributed by atoms with Crippen LogP contribution in [-0.2, 0) is 11.8 Å². The van der Waals surface area contributed by atoms with Crippen LogP contribution in [0.25, 0.3) is 0 Å². The average molecular weight is 374 g/mol. The molecule has 0 saturated carbocycles. The zero-order valence-corrected chi connectivity index (χ0v) is 13.5. The molecule has 0 fully saturated rings. The Morgan fingerprint density at radius 2 is 1.81 bits per heavy atom. The first kappa shape index (κ1) is 16.4. The standard InChI is InChI=1S/C16H15BrClFO2/c17-13-3-1-2-12(7-13)16(9-20,10-21)8-11-4-5-15(19)14(18)6-11/h1-7,20-21H,8-10H2. The third-order valence-corrected chi connectivity index (χ3v) is 4.35.